The molecule has 1 saturated heterocycles. The zero-order chi connectivity index (χ0) is 13.4. The first-order valence-corrected chi connectivity index (χ1v) is 6.89. The molecule has 1 fully saturated rings. The summed E-state index contributed by atoms with van der Waals surface area (Å²) in [6.45, 7) is 4.13. The molecule has 3 nitrogen and oxygen atoms in total. The minimum atomic E-state index is -2.23. The number of hydrogen-bond acceptors (Lipinski definition) is 2. The fourth-order valence-corrected chi connectivity index (χ4v) is 2.23. The average molecular weight is 262 g/mol. The molecule has 0 aromatic carbocycles. The van der Waals surface area contributed by atoms with Crippen LogP contribution in [0, 0.1) is 0 Å². The van der Waals surface area contributed by atoms with Gasteiger partial charge in [0.2, 0.25) is 12.3 Å². The molecule has 0 spiro atoms. The van der Waals surface area contributed by atoms with Crippen LogP contribution in [-0.2, 0) is 4.79 Å². The van der Waals surface area contributed by atoms with E-state index >= 15 is 0 Å². The van der Waals surface area contributed by atoms with Crippen molar-refractivity contribution in [2.75, 3.05) is 19.6 Å². The topological polar surface area (TPSA) is 32.3 Å². The maximum atomic E-state index is 11.9. The van der Waals surface area contributed by atoms with Crippen molar-refractivity contribution in [3.8, 4) is 0 Å². The maximum absolute atomic E-state index is 11.9. The highest BCUT2D eigenvalue weighted by molar-refractivity contribution is 5.76. The van der Waals surface area contributed by atoms with E-state index in [-0.39, 0.29) is 18.4 Å². The lowest BCUT2D eigenvalue weighted by molar-refractivity contribution is -0.130. The summed E-state index contributed by atoms with van der Waals surface area (Å²) < 4.78 is 23.9. The Balaban J connectivity index is 2.00. The second-order valence-corrected chi connectivity index (χ2v) is 5.02. The summed E-state index contributed by atoms with van der Waals surface area (Å²) in [5.74, 6) is 0.243. The highest BCUT2D eigenvalue weighted by Crippen LogP contribution is 2.11. The molecule has 0 aromatic heterocycles. The van der Waals surface area contributed by atoms with E-state index in [0.29, 0.717) is 13.0 Å². The molecule has 0 radical (unpaired) electrons. The minimum Gasteiger partial charge on any atom is -0.343 e. The van der Waals surface area contributed by atoms with Crippen LogP contribution in [0.4, 0.5) is 8.78 Å². The van der Waals surface area contributed by atoms with E-state index in [1.807, 2.05) is 11.8 Å². The molecular formula is C13H24F2N2O. The molecule has 1 aliphatic heterocycles. The number of carbonyl (C=O) groups is 1. The molecule has 0 saturated carbocycles. The van der Waals surface area contributed by atoms with Crippen molar-refractivity contribution in [3.63, 3.8) is 0 Å². The van der Waals surface area contributed by atoms with Crippen LogP contribution in [0.15, 0.2) is 0 Å². The van der Waals surface area contributed by atoms with Gasteiger partial charge in [0.25, 0.3) is 0 Å². The molecule has 0 aromatic rings. The Bertz CT molecular complexity index is 243. The van der Waals surface area contributed by atoms with Crippen LogP contribution < -0.4 is 5.32 Å². The smallest absolute Gasteiger partial charge is 0.239 e. The van der Waals surface area contributed by atoms with E-state index in [4.69, 9.17) is 0 Å². The number of halogens is 2. The summed E-state index contributed by atoms with van der Waals surface area (Å²) in [4.78, 5) is 13.7. The molecule has 0 aliphatic carbocycles. The molecular weight excluding hydrogens is 238 g/mol. The summed E-state index contributed by atoms with van der Waals surface area (Å²) >= 11 is 0. The fraction of sp³-hybridized carbons (Fsp3) is 0.923. The number of nitrogens with one attached hydrogen (secondary N) is 1. The van der Waals surface area contributed by atoms with Gasteiger partial charge in [0.1, 0.15) is 0 Å². The Morgan fingerprint density at radius 2 is 1.94 bits per heavy atom. The predicted octanol–water partition coefficient (Wildman–Crippen LogP) is 2.41. The van der Waals surface area contributed by atoms with Gasteiger partial charge in [-0.05, 0) is 32.6 Å². The molecule has 1 aliphatic rings. The highest BCUT2D eigenvalue weighted by Gasteiger charge is 2.17. The van der Waals surface area contributed by atoms with Crippen LogP contribution >= 0.6 is 0 Å². The van der Waals surface area contributed by atoms with Gasteiger partial charge in [0, 0.05) is 38.5 Å². The lowest BCUT2D eigenvalue weighted by Crippen LogP contribution is -2.30. The van der Waals surface area contributed by atoms with E-state index in [0.717, 1.165) is 38.8 Å². The molecule has 5 heteroatoms. The Morgan fingerprint density at radius 3 is 2.56 bits per heavy atom. The third kappa shape index (κ3) is 6.28. The van der Waals surface area contributed by atoms with Gasteiger partial charge in [0.05, 0.1) is 0 Å². The molecule has 1 heterocycles. The van der Waals surface area contributed by atoms with Gasteiger partial charge in [0.15, 0.2) is 0 Å². The lowest BCUT2D eigenvalue weighted by atomic mass is 10.1. The highest BCUT2D eigenvalue weighted by atomic mass is 19.3. The fourth-order valence-electron chi connectivity index (χ4n) is 2.23. The molecule has 1 rings (SSSR count). The summed E-state index contributed by atoms with van der Waals surface area (Å²) in [7, 11) is 0. The van der Waals surface area contributed by atoms with Crippen LogP contribution in [-0.4, -0.2) is 42.9 Å². The monoisotopic (exact) mass is 262 g/mol. The summed E-state index contributed by atoms with van der Waals surface area (Å²) in [6.07, 6.45) is 2.19. The number of rotatable bonds is 8. The Labute approximate surface area is 108 Å². The number of amides is 1. The first kappa shape index (κ1) is 15.3. The number of hydrogen-bond donors (Lipinski definition) is 1. The quantitative estimate of drug-likeness (QED) is 0.728. The van der Waals surface area contributed by atoms with E-state index in [9.17, 15) is 13.6 Å². The Hall–Kier alpha value is -0.710. The summed E-state index contributed by atoms with van der Waals surface area (Å²) in [5.41, 5.74) is 0. The minimum absolute atomic E-state index is 0.100. The van der Waals surface area contributed by atoms with E-state index < -0.39 is 6.43 Å². The Kier molecular flexibility index (Phi) is 7.16. The lowest BCUT2D eigenvalue weighted by Gasteiger charge is -2.16. The maximum Gasteiger partial charge on any atom is 0.239 e. The van der Waals surface area contributed by atoms with Crippen molar-refractivity contribution in [3.05, 3.63) is 0 Å². The first-order chi connectivity index (χ1) is 8.59. The van der Waals surface area contributed by atoms with Crippen molar-refractivity contribution in [2.24, 2.45) is 0 Å². The van der Waals surface area contributed by atoms with Crippen LogP contribution in [0.3, 0.4) is 0 Å². The van der Waals surface area contributed by atoms with Gasteiger partial charge < -0.3 is 10.2 Å². The van der Waals surface area contributed by atoms with Crippen LogP contribution in [0.5, 0.6) is 0 Å². The van der Waals surface area contributed by atoms with E-state index in [1.165, 1.54) is 0 Å². The van der Waals surface area contributed by atoms with Crippen LogP contribution in [0.2, 0.25) is 0 Å². The summed E-state index contributed by atoms with van der Waals surface area (Å²) in [5, 5.41) is 3.05. The van der Waals surface area contributed by atoms with Crippen LogP contribution in [0.1, 0.15) is 45.4 Å². The average Bonchev–Trinajstić information content (AvgIpc) is 2.81. The van der Waals surface area contributed by atoms with Gasteiger partial charge in [-0.25, -0.2) is 8.78 Å². The third-order valence-corrected chi connectivity index (χ3v) is 3.34. The second kappa shape index (κ2) is 8.40. The molecule has 106 valence electrons. The van der Waals surface area contributed by atoms with Gasteiger partial charge in [-0.15, -0.1) is 0 Å². The standard InChI is InChI=1S/C13H24F2N2O/c1-11(16-8-7-12(14)15)5-4-6-13(18)17-9-2-3-10-17/h11-12,16H,2-10H2,1H3. The van der Waals surface area contributed by atoms with Gasteiger partial charge >= 0.3 is 0 Å². The molecule has 1 N–H and O–H groups in total. The zero-order valence-corrected chi connectivity index (χ0v) is 11.1. The molecule has 1 atom stereocenters. The first-order valence-electron chi connectivity index (χ1n) is 6.89. The van der Waals surface area contributed by atoms with Gasteiger partial charge in [-0.1, -0.05) is 0 Å². The van der Waals surface area contributed by atoms with Crippen molar-refractivity contribution in [1.82, 2.24) is 10.2 Å². The van der Waals surface area contributed by atoms with Crippen LogP contribution in [0.25, 0.3) is 0 Å². The zero-order valence-electron chi connectivity index (χ0n) is 11.1. The number of carbonyl (C=O) groups excluding carboxylic acids is 1. The molecule has 18 heavy (non-hydrogen) atoms. The van der Waals surface area contributed by atoms with Gasteiger partial charge in [-0.2, -0.15) is 0 Å². The third-order valence-electron chi connectivity index (χ3n) is 3.34. The normalized spacial score (nSPS) is 17.4. The SMILES string of the molecule is CC(CCCC(=O)N1CCCC1)NCCC(F)F. The molecule has 1 unspecified atom stereocenters. The van der Waals surface area contributed by atoms with Gasteiger partial charge in [-0.3, -0.25) is 4.79 Å². The second-order valence-electron chi connectivity index (χ2n) is 5.02. The molecule has 0 bridgehead atoms. The van der Waals surface area contributed by atoms with E-state index in [2.05, 4.69) is 5.32 Å². The van der Waals surface area contributed by atoms with Crippen molar-refractivity contribution in [1.29, 1.82) is 0 Å². The van der Waals surface area contributed by atoms with Crippen molar-refractivity contribution < 1.29 is 13.6 Å². The summed E-state index contributed by atoms with van der Waals surface area (Å²) in [6, 6.07) is 0.204. The largest absolute Gasteiger partial charge is 0.343 e. The number of likely N-dealkylation sites (tertiary alicyclic amines) is 1. The number of nitrogens with zero attached hydrogens (tertiary/aromatic N) is 1. The predicted molar refractivity (Wildman–Crippen MR) is 67.8 cm³/mol. The Morgan fingerprint density at radius 1 is 1.28 bits per heavy atom. The molecule has 1 amide bonds. The number of alkyl halides is 2. The van der Waals surface area contributed by atoms with E-state index in [1.54, 1.807) is 0 Å². The van der Waals surface area contributed by atoms with Crippen molar-refractivity contribution >= 4 is 5.91 Å². The van der Waals surface area contributed by atoms with Crippen molar-refractivity contribution in [2.45, 2.75) is 57.9 Å².